The highest BCUT2D eigenvalue weighted by atomic mass is 32.1. The Kier molecular flexibility index (Phi) is 2.72. The van der Waals surface area contributed by atoms with Crippen LogP contribution >= 0.6 is 12.6 Å². The van der Waals surface area contributed by atoms with E-state index >= 15 is 0 Å². The Hall–Kier alpha value is -1.01. The number of rotatable bonds is 3. The van der Waals surface area contributed by atoms with Crippen molar-refractivity contribution in [1.82, 2.24) is 9.97 Å². The van der Waals surface area contributed by atoms with E-state index in [4.69, 9.17) is 10.8 Å². The van der Waals surface area contributed by atoms with E-state index in [9.17, 15) is 4.79 Å². The van der Waals surface area contributed by atoms with Crippen LogP contribution in [0.2, 0.25) is 0 Å². The fourth-order valence-electron chi connectivity index (χ4n) is 0.752. The fraction of sp³-hybridized carbons (Fsp3) is 0.333. The number of nitrogens with zero attached hydrogens (tertiary/aromatic N) is 1. The van der Waals surface area contributed by atoms with Crippen LogP contribution in [-0.2, 0) is 4.79 Å². The summed E-state index contributed by atoms with van der Waals surface area (Å²) in [5, 5.41) is 7.96. The van der Waals surface area contributed by atoms with Gasteiger partial charge in [-0.2, -0.15) is 12.6 Å². The number of nitrogens with two attached hydrogens (primary N) is 1. The van der Waals surface area contributed by atoms with Crippen molar-refractivity contribution in [3.05, 3.63) is 18.2 Å². The molecule has 6 heteroatoms. The third-order valence-corrected chi connectivity index (χ3v) is 2.03. The lowest BCUT2D eigenvalue weighted by Gasteiger charge is -2.11. The molecule has 2 unspecified atom stereocenters. The summed E-state index contributed by atoms with van der Waals surface area (Å²) < 4.78 is 0. The molecule has 4 N–H and O–H groups in total. The first-order valence-electron chi connectivity index (χ1n) is 3.28. The molecule has 1 rings (SSSR count). The van der Waals surface area contributed by atoms with Gasteiger partial charge in [-0.3, -0.25) is 4.79 Å². The standard InChI is InChI=1S/C6H9N3O2S/c7-4(6(10)11)5(12)3-1-8-2-9-3/h1-2,4-5,12H,7H2,(H,8,9)(H,10,11). The lowest BCUT2D eigenvalue weighted by atomic mass is 10.2. The molecule has 0 amide bonds. The summed E-state index contributed by atoms with van der Waals surface area (Å²) in [6.07, 6.45) is 3.02. The van der Waals surface area contributed by atoms with Gasteiger partial charge in [-0.25, -0.2) is 4.98 Å². The molecular formula is C6H9N3O2S. The molecule has 0 spiro atoms. The van der Waals surface area contributed by atoms with Crippen molar-refractivity contribution in [2.24, 2.45) is 5.73 Å². The van der Waals surface area contributed by atoms with Crippen LogP contribution in [0.3, 0.4) is 0 Å². The van der Waals surface area contributed by atoms with Gasteiger partial charge in [0.1, 0.15) is 6.04 Å². The second kappa shape index (κ2) is 3.59. The van der Waals surface area contributed by atoms with Gasteiger partial charge in [0.25, 0.3) is 0 Å². The molecule has 0 fully saturated rings. The van der Waals surface area contributed by atoms with Gasteiger partial charge in [-0.1, -0.05) is 0 Å². The molecule has 66 valence electrons. The van der Waals surface area contributed by atoms with Crippen molar-refractivity contribution in [1.29, 1.82) is 0 Å². The molecule has 0 aliphatic carbocycles. The maximum absolute atomic E-state index is 10.4. The summed E-state index contributed by atoms with van der Waals surface area (Å²) in [6.45, 7) is 0. The van der Waals surface area contributed by atoms with Gasteiger partial charge in [0.15, 0.2) is 0 Å². The first-order chi connectivity index (χ1) is 5.63. The average Bonchev–Trinajstić information content (AvgIpc) is 2.53. The molecule has 1 heterocycles. The normalized spacial score (nSPS) is 15.5. The first-order valence-corrected chi connectivity index (χ1v) is 3.79. The molecule has 0 saturated heterocycles. The summed E-state index contributed by atoms with van der Waals surface area (Å²) in [5.41, 5.74) is 5.86. The third-order valence-electron chi connectivity index (χ3n) is 1.45. The van der Waals surface area contributed by atoms with Crippen molar-refractivity contribution in [3.8, 4) is 0 Å². The number of carbonyl (C=O) groups is 1. The minimum absolute atomic E-state index is 0.535. The molecule has 2 atom stereocenters. The summed E-state index contributed by atoms with van der Waals surface area (Å²) >= 11 is 4.03. The number of aromatic amines is 1. The molecule has 0 aliphatic heterocycles. The first kappa shape index (κ1) is 9.08. The molecule has 1 aromatic heterocycles. The van der Waals surface area contributed by atoms with Crippen molar-refractivity contribution in [2.75, 3.05) is 0 Å². The molecule has 0 radical (unpaired) electrons. The Morgan fingerprint density at radius 3 is 2.92 bits per heavy atom. The van der Waals surface area contributed by atoms with Crippen LogP contribution in [0.5, 0.6) is 0 Å². The fourth-order valence-corrected chi connectivity index (χ4v) is 1.02. The minimum Gasteiger partial charge on any atom is -0.480 e. The predicted octanol–water partition coefficient (Wildman–Crippen LogP) is -0.208. The van der Waals surface area contributed by atoms with E-state index in [1.165, 1.54) is 6.33 Å². The molecule has 0 aromatic carbocycles. The van der Waals surface area contributed by atoms with Crippen LogP contribution in [-0.4, -0.2) is 27.1 Å². The van der Waals surface area contributed by atoms with Crippen LogP contribution in [0.25, 0.3) is 0 Å². The van der Waals surface area contributed by atoms with E-state index in [0.717, 1.165) is 0 Å². The number of thiol groups is 1. The van der Waals surface area contributed by atoms with Crippen LogP contribution in [0.4, 0.5) is 0 Å². The number of aromatic nitrogens is 2. The van der Waals surface area contributed by atoms with Gasteiger partial charge in [0, 0.05) is 6.20 Å². The molecule has 5 nitrogen and oxygen atoms in total. The molecule has 0 bridgehead atoms. The number of carboxylic acids is 1. The summed E-state index contributed by atoms with van der Waals surface area (Å²) in [6, 6.07) is -1.03. The summed E-state index contributed by atoms with van der Waals surface area (Å²) in [4.78, 5) is 17.0. The Labute approximate surface area is 74.4 Å². The van der Waals surface area contributed by atoms with Gasteiger partial charge in [-0.15, -0.1) is 0 Å². The Morgan fingerprint density at radius 1 is 1.83 bits per heavy atom. The third kappa shape index (κ3) is 1.77. The van der Waals surface area contributed by atoms with E-state index in [-0.39, 0.29) is 0 Å². The SMILES string of the molecule is NC(C(=O)O)C(S)c1c[nH]cn1. The highest BCUT2D eigenvalue weighted by molar-refractivity contribution is 7.80. The number of nitrogens with one attached hydrogen (secondary N) is 1. The maximum atomic E-state index is 10.4. The zero-order chi connectivity index (χ0) is 9.14. The second-order valence-electron chi connectivity index (χ2n) is 2.30. The van der Waals surface area contributed by atoms with E-state index in [2.05, 4.69) is 22.6 Å². The van der Waals surface area contributed by atoms with Crippen molar-refractivity contribution in [2.45, 2.75) is 11.3 Å². The number of hydrogen-bond donors (Lipinski definition) is 4. The zero-order valence-corrected chi connectivity index (χ0v) is 7.03. The predicted molar refractivity (Wildman–Crippen MR) is 45.9 cm³/mol. The van der Waals surface area contributed by atoms with Gasteiger partial charge in [0.05, 0.1) is 17.3 Å². The quantitative estimate of drug-likeness (QED) is 0.493. The van der Waals surface area contributed by atoms with E-state index < -0.39 is 17.3 Å². The lowest BCUT2D eigenvalue weighted by molar-refractivity contribution is -0.138. The smallest absolute Gasteiger partial charge is 0.322 e. The van der Waals surface area contributed by atoms with Gasteiger partial charge < -0.3 is 15.8 Å². The number of carboxylic acid groups (broad SMARTS) is 1. The van der Waals surface area contributed by atoms with Gasteiger partial charge in [0.2, 0.25) is 0 Å². The Morgan fingerprint density at radius 2 is 2.50 bits per heavy atom. The van der Waals surface area contributed by atoms with Crippen molar-refractivity contribution >= 4 is 18.6 Å². The molecule has 0 aliphatic rings. The van der Waals surface area contributed by atoms with E-state index in [1.54, 1.807) is 6.20 Å². The highest BCUT2D eigenvalue weighted by Crippen LogP contribution is 2.19. The Bertz CT molecular complexity index is 262. The van der Waals surface area contributed by atoms with Gasteiger partial charge in [-0.05, 0) is 0 Å². The van der Waals surface area contributed by atoms with Gasteiger partial charge >= 0.3 is 5.97 Å². The van der Waals surface area contributed by atoms with E-state index in [0.29, 0.717) is 5.69 Å². The topological polar surface area (TPSA) is 92.0 Å². The molecular weight excluding hydrogens is 178 g/mol. The zero-order valence-electron chi connectivity index (χ0n) is 6.14. The maximum Gasteiger partial charge on any atom is 0.322 e. The molecule has 1 aromatic rings. The Balaban J connectivity index is 2.71. The van der Waals surface area contributed by atoms with Crippen LogP contribution in [0, 0.1) is 0 Å². The van der Waals surface area contributed by atoms with Crippen molar-refractivity contribution < 1.29 is 9.90 Å². The minimum atomic E-state index is -1.09. The number of imidazole rings is 1. The van der Waals surface area contributed by atoms with Crippen LogP contribution in [0.15, 0.2) is 12.5 Å². The van der Waals surface area contributed by atoms with Crippen molar-refractivity contribution in [3.63, 3.8) is 0 Å². The lowest BCUT2D eigenvalue weighted by Crippen LogP contribution is -2.34. The largest absolute Gasteiger partial charge is 0.480 e. The van der Waals surface area contributed by atoms with Crippen LogP contribution < -0.4 is 5.73 Å². The summed E-state index contributed by atoms with van der Waals surface area (Å²) in [5.74, 6) is -1.09. The number of hydrogen-bond acceptors (Lipinski definition) is 4. The highest BCUT2D eigenvalue weighted by Gasteiger charge is 2.23. The average molecular weight is 187 g/mol. The number of aliphatic carboxylic acids is 1. The van der Waals surface area contributed by atoms with Crippen LogP contribution in [0.1, 0.15) is 10.9 Å². The summed E-state index contributed by atoms with van der Waals surface area (Å²) in [7, 11) is 0. The monoisotopic (exact) mass is 187 g/mol. The molecule has 0 saturated carbocycles. The second-order valence-corrected chi connectivity index (χ2v) is 2.86. The number of H-pyrrole nitrogens is 1. The molecule has 12 heavy (non-hydrogen) atoms. The van der Waals surface area contributed by atoms with E-state index in [1.807, 2.05) is 0 Å².